The van der Waals surface area contributed by atoms with Gasteiger partial charge in [0.2, 0.25) is 0 Å². The monoisotopic (exact) mass is 430 g/mol. The van der Waals surface area contributed by atoms with E-state index in [0.29, 0.717) is 6.04 Å². The molecule has 2 aliphatic heterocycles. The van der Waals surface area contributed by atoms with Gasteiger partial charge in [0, 0.05) is 35.1 Å². The Kier molecular flexibility index (Phi) is 5.17. The molecule has 2 aliphatic rings. The summed E-state index contributed by atoms with van der Waals surface area (Å²) < 4.78 is 2.43. The van der Waals surface area contributed by atoms with Crippen LogP contribution in [-0.2, 0) is 0 Å². The number of rotatable bonds is 4. The highest BCUT2D eigenvalue weighted by Gasteiger charge is 2.46. The molecular weight excluding hydrogens is 400 g/mol. The Balaban J connectivity index is 1.66. The lowest BCUT2D eigenvalue weighted by Crippen LogP contribution is -2.35. The summed E-state index contributed by atoms with van der Waals surface area (Å²) in [6.07, 6.45) is 3.02. The Hall–Kier alpha value is -2.53. The first-order chi connectivity index (χ1) is 15.0. The van der Waals surface area contributed by atoms with E-state index >= 15 is 0 Å². The van der Waals surface area contributed by atoms with Crippen LogP contribution in [0.1, 0.15) is 59.2 Å². The molecule has 0 N–H and O–H groups in total. The number of aromatic nitrogens is 2. The topological polar surface area (TPSA) is 33.4 Å². The van der Waals surface area contributed by atoms with Crippen molar-refractivity contribution < 1.29 is 0 Å². The third-order valence-electron chi connectivity index (χ3n) is 6.72. The average Bonchev–Trinajstić information content (AvgIpc) is 3.42. The Morgan fingerprint density at radius 3 is 2.65 bits per heavy atom. The van der Waals surface area contributed by atoms with Crippen LogP contribution in [0, 0.1) is 27.7 Å². The molecule has 0 spiro atoms. The van der Waals surface area contributed by atoms with E-state index in [1.807, 2.05) is 24.0 Å². The van der Waals surface area contributed by atoms with Crippen LogP contribution in [-0.4, -0.2) is 31.4 Å². The summed E-state index contributed by atoms with van der Waals surface area (Å²) in [6.45, 7) is 11.1. The van der Waals surface area contributed by atoms with Crippen LogP contribution < -0.4 is 0 Å². The van der Waals surface area contributed by atoms with E-state index in [0.717, 1.165) is 17.9 Å². The van der Waals surface area contributed by atoms with Crippen molar-refractivity contribution in [1.29, 1.82) is 0 Å². The van der Waals surface area contributed by atoms with Crippen LogP contribution in [0.15, 0.2) is 53.7 Å². The molecule has 0 bridgehead atoms. The Morgan fingerprint density at radius 1 is 1.06 bits per heavy atom. The molecule has 0 amide bonds. The van der Waals surface area contributed by atoms with Crippen molar-refractivity contribution in [2.45, 2.75) is 59.2 Å². The van der Waals surface area contributed by atoms with E-state index in [1.165, 1.54) is 38.9 Å². The normalized spacial score (nSPS) is 22.7. The molecule has 1 fully saturated rings. The lowest BCUT2D eigenvalue weighted by atomic mass is 9.95. The molecule has 4 nitrogen and oxygen atoms in total. The van der Waals surface area contributed by atoms with Gasteiger partial charge in [-0.1, -0.05) is 36.9 Å². The van der Waals surface area contributed by atoms with Crippen molar-refractivity contribution in [1.82, 2.24) is 14.5 Å². The van der Waals surface area contributed by atoms with Gasteiger partial charge in [0.1, 0.15) is 6.04 Å². The van der Waals surface area contributed by atoms with Crippen LogP contribution >= 0.6 is 11.8 Å². The van der Waals surface area contributed by atoms with Gasteiger partial charge in [-0.15, -0.1) is 0 Å². The fourth-order valence-electron chi connectivity index (χ4n) is 5.10. The predicted octanol–water partition coefficient (Wildman–Crippen LogP) is 6.09. The summed E-state index contributed by atoms with van der Waals surface area (Å²) in [4.78, 5) is 12.5. The lowest BCUT2D eigenvalue weighted by molar-refractivity contribution is 0.254. The highest BCUT2D eigenvalue weighted by molar-refractivity contribution is 8.14. The zero-order valence-corrected chi connectivity index (χ0v) is 19.8. The standard InChI is InChI=1S/C26H30N4S/c1-6-20-15-31-26-28-24(22-9-7-8-12-27-22)25(30(20)26)21-14-18(4)29(19(21)5)23-13-16(2)10-11-17(23)3/h7-14,20,24-25H,6,15H2,1-5H3/t20-,24-,25+/m1/s1. The molecule has 3 atom stereocenters. The second-order valence-electron chi connectivity index (χ2n) is 8.79. The van der Waals surface area contributed by atoms with Crippen LogP contribution in [0.4, 0.5) is 0 Å². The Bertz CT molecular complexity index is 1150. The molecule has 5 heteroatoms. The fourth-order valence-corrected chi connectivity index (χ4v) is 6.44. The maximum Gasteiger partial charge on any atom is 0.160 e. The van der Waals surface area contributed by atoms with E-state index in [2.05, 4.69) is 80.5 Å². The Morgan fingerprint density at radius 2 is 1.90 bits per heavy atom. The number of amidine groups is 1. The van der Waals surface area contributed by atoms with Gasteiger partial charge < -0.3 is 9.47 Å². The summed E-state index contributed by atoms with van der Waals surface area (Å²) >= 11 is 1.90. The number of fused-ring (bicyclic) bond motifs is 1. The lowest BCUT2D eigenvalue weighted by Gasteiger charge is -2.32. The van der Waals surface area contributed by atoms with E-state index in [4.69, 9.17) is 9.98 Å². The van der Waals surface area contributed by atoms with Gasteiger partial charge >= 0.3 is 0 Å². The van der Waals surface area contributed by atoms with E-state index < -0.39 is 0 Å². The number of nitrogens with zero attached hydrogens (tertiary/aromatic N) is 4. The van der Waals surface area contributed by atoms with Crippen LogP contribution in [0.25, 0.3) is 5.69 Å². The molecular formula is C26H30N4S. The third kappa shape index (κ3) is 3.30. The summed E-state index contributed by atoms with van der Waals surface area (Å²) in [5, 5.41) is 1.18. The molecule has 1 aromatic carbocycles. The highest BCUT2D eigenvalue weighted by atomic mass is 32.2. The Labute approximate surface area is 189 Å². The van der Waals surface area contributed by atoms with Gasteiger partial charge in [-0.05, 0) is 75.1 Å². The first-order valence-electron chi connectivity index (χ1n) is 11.2. The average molecular weight is 431 g/mol. The van der Waals surface area contributed by atoms with Gasteiger partial charge in [-0.3, -0.25) is 9.98 Å². The van der Waals surface area contributed by atoms with Crippen LogP contribution in [0.2, 0.25) is 0 Å². The van der Waals surface area contributed by atoms with Crippen molar-refractivity contribution in [3.8, 4) is 5.69 Å². The summed E-state index contributed by atoms with van der Waals surface area (Å²) in [6, 6.07) is 16.0. The zero-order valence-electron chi connectivity index (χ0n) is 19.0. The molecule has 5 rings (SSSR count). The molecule has 0 radical (unpaired) electrons. The highest BCUT2D eigenvalue weighted by Crippen LogP contribution is 2.49. The molecule has 1 saturated heterocycles. The van der Waals surface area contributed by atoms with Crippen molar-refractivity contribution >= 4 is 16.9 Å². The minimum Gasteiger partial charge on any atom is -0.338 e. The maximum atomic E-state index is 5.19. The van der Waals surface area contributed by atoms with Crippen molar-refractivity contribution in [3.63, 3.8) is 0 Å². The quantitative estimate of drug-likeness (QED) is 0.502. The first-order valence-corrected chi connectivity index (χ1v) is 12.1. The second-order valence-corrected chi connectivity index (χ2v) is 9.78. The number of pyridine rings is 1. The SMILES string of the molecule is CC[C@@H]1CSC2=N[C@H](c3ccccn3)[C@H](c3cc(C)n(-c4cc(C)ccc4C)c3C)N21. The third-order valence-corrected chi connectivity index (χ3v) is 7.85. The van der Waals surface area contributed by atoms with Crippen molar-refractivity contribution in [2.24, 2.45) is 4.99 Å². The molecule has 2 aromatic heterocycles. The van der Waals surface area contributed by atoms with E-state index in [-0.39, 0.29) is 12.1 Å². The van der Waals surface area contributed by atoms with Gasteiger partial charge in [-0.2, -0.15) is 0 Å². The maximum absolute atomic E-state index is 5.19. The predicted molar refractivity (Wildman–Crippen MR) is 130 cm³/mol. The fraction of sp³-hybridized carbons (Fsp3) is 0.385. The molecule has 0 saturated carbocycles. The molecule has 31 heavy (non-hydrogen) atoms. The van der Waals surface area contributed by atoms with Gasteiger partial charge in [0.05, 0.1) is 11.7 Å². The minimum absolute atomic E-state index is 0.0330. The van der Waals surface area contributed by atoms with Crippen LogP contribution in [0.3, 0.4) is 0 Å². The number of hydrogen-bond acceptors (Lipinski definition) is 4. The first kappa shape index (κ1) is 20.4. The smallest absolute Gasteiger partial charge is 0.160 e. The van der Waals surface area contributed by atoms with E-state index in [1.54, 1.807) is 0 Å². The number of aliphatic imine (C=N–C) groups is 1. The van der Waals surface area contributed by atoms with E-state index in [9.17, 15) is 0 Å². The summed E-state index contributed by atoms with van der Waals surface area (Å²) in [5.41, 5.74) is 8.86. The number of thioether (sulfide) groups is 1. The van der Waals surface area contributed by atoms with Gasteiger partial charge in [0.15, 0.2) is 5.17 Å². The van der Waals surface area contributed by atoms with Gasteiger partial charge in [0.25, 0.3) is 0 Å². The number of aryl methyl sites for hydroxylation is 3. The van der Waals surface area contributed by atoms with Crippen LogP contribution in [0.5, 0.6) is 0 Å². The summed E-state index contributed by atoms with van der Waals surface area (Å²) in [5.74, 6) is 1.12. The van der Waals surface area contributed by atoms with Crippen molar-refractivity contribution in [2.75, 3.05) is 5.75 Å². The molecule has 0 aliphatic carbocycles. The molecule has 3 aromatic rings. The van der Waals surface area contributed by atoms with Crippen molar-refractivity contribution in [3.05, 3.63) is 82.4 Å². The molecule has 160 valence electrons. The summed E-state index contributed by atoms with van der Waals surface area (Å²) in [7, 11) is 0. The number of hydrogen-bond donors (Lipinski definition) is 0. The molecule has 0 unspecified atom stereocenters. The minimum atomic E-state index is 0.0330. The molecule has 4 heterocycles. The second kappa shape index (κ2) is 7.86. The zero-order chi connectivity index (χ0) is 21.7. The van der Waals surface area contributed by atoms with Gasteiger partial charge in [-0.25, -0.2) is 0 Å². The largest absolute Gasteiger partial charge is 0.338 e. The number of benzene rings is 1.